The molecule has 0 saturated carbocycles. The maximum atomic E-state index is 13.6. The quantitative estimate of drug-likeness (QED) is 0.605. The first-order valence-electron chi connectivity index (χ1n) is 8.77. The van der Waals surface area contributed by atoms with Crippen LogP contribution in [0.25, 0.3) is 22.6 Å². The van der Waals surface area contributed by atoms with E-state index in [0.29, 0.717) is 28.4 Å². The number of nitrogens with one attached hydrogen (secondary N) is 1. The van der Waals surface area contributed by atoms with Crippen LogP contribution in [-0.4, -0.2) is 40.2 Å². The second-order valence-corrected chi connectivity index (χ2v) is 8.93. The molecule has 29 heavy (non-hydrogen) atoms. The van der Waals surface area contributed by atoms with Crippen molar-refractivity contribution in [1.82, 2.24) is 24.2 Å². The van der Waals surface area contributed by atoms with Gasteiger partial charge in [-0.25, -0.2) is 32.5 Å². The van der Waals surface area contributed by atoms with Crippen molar-refractivity contribution in [1.29, 1.82) is 0 Å². The highest BCUT2D eigenvalue weighted by molar-refractivity contribution is 7.88. The molecule has 1 atom stereocenters. The summed E-state index contributed by atoms with van der Waals surface area (Å²) in [7, 11) is -1.61. The fourth-order valence-corrected chi connectivity index (χ4v) is 3.90. The lowest BCUT2D eigenvalue weighted by molar-refractivity contribution is 0.440. The van der Waals surface area contributed by atoms with E-state index in [2.05, 4.69) is 19.7 Å². The molecule has 0 spiro atoms. The lowest BCUT2D eigenvalue weighted by Gasteiger charge is -2.20. The van der Waals surface area contributed by atoms with Crippen molar-refractivity contribution >= 4 is 39.4 Å². The van der Waals surface area contributed by atoms with Crippen molar-refractivity contribution in [2.75, 3.05) is 12.0 Å². The third-order valence-corrected chi connectivity index (χ3v) is 5.18. The predicted octanol–water partition coefficient (Wildman–Crippen LogP) is 2.29. The number of anilines is 1. The molecule has 8 nitrogen and oxygen atoms in total. The highest BCUT2D eigenvalue weighted by Crippen LogP contribution is 2.26. The van der Waals surface area contributed by atoms with Gasteiger partial charge < -0.3 is 10.3 Å². The number of nitrogens with zero attached hydrogens (tertiary/aromatic N) is 4. The van der Waals surface area contributed by atoms with Crippen molar-refractivity contribution in [2.45, 2.75) is 26.3 Å². The Morgan fingerprint density at radius 2 is 1.93 bits per heavy atom. The third-order valence-electron chi connectivity index (χ3n) is 4.45. The number of hydrogen-bond donors (Lipinski definition) is 2. The van der Waals surface area contributed by atoms with Gasteiger partial charge in [-0.2, -0.15) is 0 Å². The topological polar surface area (TPSA) is 116 Å². The summed E-state index contributed by atoms with van der Waals surface area (Å²) in [6, 6.07) is 5.73. The van der Waals surface area contributed by atoms with Crippen LogP contribution in [0, 0.1) is 11.7 Å². The average molecular weight is 443 g/mol. The molecule has 1 unspecified atom stereocenters. The minimum Gasteiger partial charge on any atom is -0.382 e. The van der Waals surface area contributed by atoms with Gasteiger partial charge in [0, 0.05) is 25.1 Å². The summed E-state index contributed by atoms with van der Waals surface area (Å²) in [5, 5.41) is 0. The molecular weight excluding hydrogens is 419 g/mol. The number of nitrogens with two attached hydrogens (primary N) is 1. The van der Waals surface area contributed by atoms with E-state index in [4.69, 9.17) is 5.73 Å². The summed E-state index contributed by atoms with van der Waals surface area (Å²) in [5.41, 5.74) is 7.61. The molecule has 0 aliphatic heterocycles. The van der Waals surface area contributed by atoms with Gasteiger partial charge in [0.15, 0.2) is 17.0 Å². The minimum absolute atomic E-state index is 0. The van der Waals surface area contributed by atoms with E-state index in [-0.39, 0.29) is 42.4 Å². The average Bonchev–Trinajstić information content (AvgIpc) is 2.91. The molecule has 0 bridgehead atoms. The highest BCUT2D eigenvalue weighted by atomic mass is 35.5. The van der Waals surface area contributed by atoms with Gasteiger partial charge in [0.05, 0.1) is 6.26 Å². The van der Waals surface area contributed by atoms with Gasteiger partial charge in [-0.1, -0.05) is 26.0 Å². The highest BCUT2D eigenvalue weighted by Gasteiger charge is 2.22. The second-order valence-electron chi connectivity index (χ2n) is 7.15. The van der Waals surface area contributed by atoms with Crippen LogP contribution >= 0.6 is 12.4 Å². The Kier molecular flexibility index (Phi) is 6.82. The van der Waals surface area contributed by atoms with Crippen LogP contribution in [-0.2, 0) is 23.5 Å². The van der Waals surface area contributed by atoms with Crippen LogP contribution in [0.1, 0.15) is 19.7 Å². The second kappa shape index (κ2) is 8.60. The fourth-order valence-electron chi connectivity index (χ4n) is 2.99. The number of aromatic nitrogens is 4. The fraction of sp³-hybridized carbons (Fsp3) is 0.389. The normalized spacial score (nSPS) is 12.9. The Morgan fingerprint density at radius 3 is 2.52 bits per heavy atom. The van der Waals surface area contributed by atoms with Crippen LogP contribution < -0.4 is 10.5 Å². The third kappa shape index (κ3) is 5.20. The molecule has 0 aliphatic carbocycles. The van der Waals surface area contributed by atoms with Crippen LogP contribution in [0.5, 0.6) is 0 Å². The van der Waals surface area contributed by atoms with E-state index >= 15 is 0 Å². The summed E-state index contributed by atoms with van der Waals surface area (Å²) in [6.07, 6.45) is 1.40. The molecule has 3 N–H and O–H groups in total. The van der Waals surface area contributed by atoms with Gasteiger partial charge in [-0.15, -0.1) is 12.4 Å². The van der Waals surface area contributed by atoms with Crippen molar-refractivity contribution < 1.29 is 12.8 Å². The minimum atomic E-state index is -3.38. The van der Waals surface area contributed by atoms with Gasteiger partial charge >= 0.3 is 0 Å². The zero-order valence-electron chi connectivity index (χ0n) is 16.5. The molecule has 1 aromatic carbocycles. The van der Waals surface area contributed by atoms with E-state index in [0.717, 1.165) is 6.26 Å². The Labute approximate surface area is 175 Å². The molecule has 0 fully saturated rings. The molecule has 158 valence electrons. The SMILES string of the molecule is CC(C)C(Cc1nc(N)c2nc(-c3cccc(F)c3)n(C)c2n1)NS(C)(=O)=O.Cl. The van der Waals surface area contributed by atoms with Crippen LogP contribution in [0.3, 0.4) is 0 Å². The number of aryl methyl sites for hydroxylation is 1. The summed E-state index contributed by atoms with van der Waals surface area (Å²) in [5.74, 6) is 0.789. The number of rotatable bonds is 6. The number of imidazole rings is 1. The molecule has 3 rings (SSSR count). The molecule has 0 saturated heterocycles. The molecule has 2 heterocycles. The monoisotopic (exact) mass is 442 g/mol. The smallest absolute Gasteiger partial charge is 0.208 e. The molecule has 11 heteroatoms. The summed E-state index contributed by atoms with van der Waals surface area (Å²) in [4.78, 5) is 13.3. The van der Waals surface area contributed by atoms with Crippen molar-refractivity contribution in [3.05, 3.63) is 35.9 Å². The maximum Gasteiger partial charge on any atom is 0.208 e. The molecular formula is C18H24ClFN6O2S. The Hall–Kier alpha value is -2.30. The lowest BCUT2D eigenvalue weighted by Crippen LogP contribution is -2.39. The number of hydrogen-bond acceptors (Lipinski definition) is 6. The summed E-state index contributed by atoms with van der Waals surface area (Å²) in [6.45, 7) is 3.83. The van der Waals surface area contributed by atoms with Gasteiger partial charge in [0.1, 0.15) is 17.5 Å². The first-order valence-corrected chi connectivity index (χ1v) is 10.7. The number of benzene rings is 1. The summed E-state index contributed by atoms with van der Waals surface area (Å²) < 4.78 is 41.2. The Balaban J connectivity index is 0.00000300. The Bertz CT molecular complexity index is 1130. The summed E-state index contributed by atoms with van der Waals surface area (Å²) >= 11 is 0. The maximum absolute atomic E-state index is 13.6. The van der Waals surface area contributed by atoms with Crippen molar-refractivity contribution in [3.8, 4) is 11.4 Å². The number of nitrogen functional groups attached to an aromatic ring is 1. The number of fused-ring (bicyclic) bond motifs is 1. The lowest BCUT2D eigenvalue weighted by atomic mass is 10.0. The number of halogens is 2. The Morgan fingerprint density at radius 1 is 1.24 bits per heavy atom. The van der Waals surface area contributed by atoms with Gasteiger partial charge in [-0.3, -0.25) is 0 Å². The van der Waals surface area contributed by atoms with E-state index in [1.54, 1.807) is 23.7 Å². The zero-order chi connectivity index (χ0) is 20.6. The first kappa shape index (κ1) is 23.0. The van der Waals surface area contributed by atoms with Gasteiger partial charge in [0.2, 0.25) is 10.0 Å². The molecule has 0 aliphatic rings. The largest absolute Gasteiger partial charge is 0.382 e. The van der Waals surface area contributed by atoms with Gasteiger partial charge in [0.25, 0.3) is 0 Å². The van der Waals surface area contributed by atoms with E-state index in [1.807, 2.05) is 13.8 Å². The van der Waals surface area contributed by atoms with Crippen LogP contribution in [0.15, 0.2) is 24.3 Å². The molecule has 3 aromatic rings. The zero-order valence-corrected chi connectivity index (χ0v) is 18.2. The molecule has 2 aromatic heterocycles. The van der Waals surface area contributed by atoms with Crippen LogP contribution in [0.4, 0.5) is 10.2 Å². The first-order chi connectivity index (χ1) is 13.0. The van der Waals surface area contributed by atoms with Crippen LogP contribution in [0.2, 0.25) is 0 Å². The number of sulfonamides is 1. The van der Waals surface area contributed by atoms with Gasteiger partial charge in [-0.05, 0) is 18.1 Å². The van der Waals surface area contributed by atoms with E-state index < -0.39 is 10.0 Å². The molecule has 0 radical (unpaired) electrons. The molecule has 0 amide bonds. The predicted molar refractivity (Wildman–Crippen MR) is 114 cm³/mol. The van der Waals surface area contributed by atoms with E-state index in [9.17, 15) is 12.8 Å². The van der Waals surface area contributed by atoms with E-state index in [1.165, 1.54) is 12.1 Å². The standard InChI is InChI=1S/C18H23FN6O2S.ClH/c1-10(2)13(24-28(4,26)27)9-14-21-16(20)15-18(22-14)25(3)17(23-15)11-6-5-7-12(19)8-11;/h5-8,10,13,24H,9H2,1-4H3,(H2,20,21,22);1H. The van der Waals surface area contributed by atoms with Crippen molar-refractivity contribution in [2.24, 2.45) is 13.0 Å². The van der Waals surface area contributed by atoms with Crippen molar-refractivity contribution in [3.63, 3.8) is 0 Å².